The Morgan fingerprint density at radius 3 is 2.71 bits per heavy atom. The number of H-pyrrole nitrogens is 1. The molecule has 6 rings (SSSR count). The summed E-state index contributed by atoms with van der Waals surface area (Å²) in [5.41, 5.74) is 7.50. The van der Waals surface area contributed by atoms with E-state index in [9.17, 15) is 0 Å². The van der Waals surface area contributed by atoms with E-state index in [-0.39, 0.29) is 0 Å². The van der Waals surface area contributed by atoms with Crippen LogP contribution >= 0.6 is 0 Å². The molecule has 34 heavy (non-hydrogen) atoms. The molecule has 0 aliphatic carbocycles. The van der Waals surface area contributed by atoms with Gasteiger partial charge in [-0.25, -0.2) is 9.50 Å². The van der Waals surface area contributed by atoms with Crippen molar-refractivity contribution in [2.24, 2.45) is 0 Å². The summed E-state index contributed by atoms with van der Waals surface area (Å²) < 4.78 is 8.01. The molecule has 0 saturated carbocycles. The van der Waals surface area contributed by atoms with Gasteiger partial charge in [-0.3, -0.25) is 0 Å². The van der Waals surface area contributed by atoms with E-state index in [0.717, 1.165) is 65.4 Å². The Morgan fingerprint density at radius 2 is 1.91 bits per heavy atom. The molecule has 4 aromatic heterocycles. The second kappa shape index (κ2) is 8.06. The van der Waals surface area contributed by atoms with Crippen LogP contribution in [0.2, 0.25) is 0 Å². The molecule has 8 nitrogen and oxygen atoms in total. The van der Waals surface area contributed by atoms with Crippen molar-refractivity contribution < 1.29 is 4.42 Å². The summed E-state index contributed by atoms with van der Waals surface area (Å²) >= 11 is 0. The van der Waals surface area contributed by atoms with Crippen molar-refractivity contribution in [3.63, 3.8) is 0 Å². The van der Waals surface area contributed by atoms with E-state index in [1.165, 1.54) is 10.9 Å². The lowest BCUT2D eigenvalue weighted by Crippen LogP contribution is -2.29. The van der Waals surface area contributed by atoms with Crippen molar-refractivity contribution in [3.8, 4) is 22.7 Å². The van der Waals surface area contributed by atoms with Crippen molar-refractivity contribution in [1.29, 1.82) is 0 Å². The van der Waals surface area contributed by atoms with E-state index < -0.39 is 0 Å². The third kappa shape index (κ3) is 3.49. The van der Waals surface area contributed by atoms with Gasteiger partial charge >= 0.3 is 0 Å². The fraction of sp³-hybridized carbons (Fsp3) is 0.385. The molecule has 174 valence electrons. The summed E-state index contributed by atoms with van der Waals surface area (Å²) in [6.07, 6.45) is 5.76. The zero-order valence-corrected chi connectivity index (χ0v) is 20.0. The van der Waals surface area contributed by atoms with Crippen molar-refractivity contribution >= 4 is 16.6 Å². The van der Waals surface area contributed by atoms with Crippen LogP contribution in [-0.2, 0) is 0 Å². The van der Waals surface area contributed by atoms with Gasteiger partial charge in [0.15, 0.2) is 5.65 Å². The minimum Gasteiger partial charge on any atom is -0.420 e. The maximum Gasteiger partial charge on any atom is 0.247 e. The van der Waals surface area contributed by atoms with Crippen LogP contribution in [0.1, 0.15) is 55.5 Å². The maximum atomic E-state index is 6.17. The molecule has 5 aromatic rings. The van der Waals surface area contributed by atoms with Crippen LogP contribution in [0.4, 0.5) is 0 Å². The number of fused-ring (bicyclic) bond motifs is 2. The van der Waals surface area contributed by atoms with E-state index in [4.69, 9.17) is 4.42 Å². The van der Waals surface area contributed by atoms with E-state index in [1.54, 1.807) is 6.33 Å². The predicted molar refractivity (Wildman–Crippen MR) is 132 cm³/mol. The van der Waals surface area contributed by atoms with Gasteiger partial charge in [0.05, 0.1) is 5.69 Å². The number of nitrogens with one attached hydrogen (secondary N) is 1. The number of hydrogen-bond acceptors (Lipinski definition) is 6. The number of rotatable bonds is 4. The van der Waals surface area contributed by atoms with Gasteiger partial charge in [-0.05, 0) is 81.2 Å². The number of aromatic nitrogens is 6. The molecule has 0 unspecified atom stereocenters. The number of hydrogen-bond donors (Lipinski definition) is 1. The van der Waals surface area contributed by atoms with Crippen LogP contribution in [0, 0.1) is 6.92 Å². The van der Waals surface area contributed by atoms with Gasteiger partial charge in [0.2, 0.25) is 11.8 Å². The fourth-order valence-electron chi connectivity index (χ4n) is 5.18. The van der Waals surface area contributed by atoms with E-state index in [0.29, 0.717) is 17.7 Å². The largest absolute Gasteiger partial charge is 0.420 e. The van der Waals surface area contributed by atoms with Crippen LogP contribution in [-0.4, -0.2) is 54.8 Å². The Morgan fingerprint density at radius 1 is 1.09 bits per heavy atom. The lowest BCUT2D eigenvalue weighted by Gasteiger charge is -2.26. The van der Waals surface area contributed by atoms with Gasteiger partial charge in [-0.15, -0.1) is 10.2 Å². The molecule has 1 fully saturated rings. The van der Waals surface area contributed by atoms with Crippen LogP contribution in [0.25, 0.3) is 39.3 Å². The average Bonchev–Trinajstić information content (AvgIpc) is 3.56. The number of benzene rings is 1. The lowest BCUT2D eigenvalue weighted by molar-refractivity contribution is 0.237. The number of aromatic amines is 1. The summed E-state index contributed by atoms with van der Waals surface area (Å²) in [5.74, 6) is 2.02. The third-order valence-electron chi connectivity index (χ3n) is 7.02. The van der Waals surface area contributed by atoms with E-state index in [2.05, 4.69) is 82.2 Å². The SMILES string of the molecule is Cc1cc(-c2[nH]c3ccc(-c4nnc(C5CCN(C)CC5)o4)cc3c2C(C)C)cn2ncnc12. The molecule has 8 heteroatoms. The Bertz CT molecular complexity index is 1480. The first kappa shape index (κ1) is 21.0. The molecule has 0 atom stereocenters. The molecular weight excluding hydrogens is 426 g/mol. The Kier molecular flexibility index (Phi) is 4.99. The highest BCUT2D eigenvalue weighted by atomic mass is 16.4. The zero-order chi connectivity index (χ0) is 23.4. The van der Waals surface area contributed by atoms with E-state index >= 15 is 0 Å². The molecule has 5 heterocycles. The third-order valence-corrected chi connectivity index (χ3v) is 7.02. The predicted octanol–water partition coefficient (Wildman–Crippen LogP) is 5.17. The van der Waals surface area contributed by atoms with Gasteiger partial charge in [-0.2, -0.15) is 5.10 Å². The van der Waals surface area contributed by atoms with Crippen LogP contribution < -0.4 is 0 Å². The molecule has 0 bridgehead atoms. The Labute approximate surface area is 198 Å². The maximum absolute atomic E-state index is 6.17. The van der Waals surface area contributed by atoms with E-state index in [1.807, 2.05) is 10.7 Å². The summed E-state index contributed by atoms with van der Waals surface area (Å²) in [5, 5.41) is 14.3. The van der Waals surface area contributed by atoms with Crippen molar-refractivity contribution in [3.05, 3.63) is 53.8 Å². The van der Waals surface area contributed by atoms with Crippen molar-refractivity contribution in [2.45, 2.75) is 45.4 Å². The van der Waals surface area contributed by atoms with Gasteiger partial charge in [-0.1, -0.05) is 13.8 Å². The second-order valence-corrected chi connectivity index (χ2v) is 9.79. The average molecular weight is 456 g/mol. The van der Waals surface area contributed by atoms with Crippen molar-refractivity contribution in [1.82, 2.24) is 34.7 Å². The number of pyridine rings is 1. The summed E-state index contributed by atoms with van der Waals surface area (Å²) in [6.45, 7) is 8.66. The topological polar surface area (TPSA) is 88.1 Å². The van der Waals surface area contributed by atoms with Gasteiger partial charge < -0.3 is 14.3 Å². The normalized spacial score (nSPS) is 15.8. The number of piperidine rings is 1. The van der Waals surface area contributed by atoms with Crippen LogP contribution in [0.15, 0.2) is 41.2 Å². The highest BCUT2D eigenvalue weighted by Gasteiger charge is 2.24. The standard InChI is InChI=1S/C26H29N7O/c1-15(2)22-20-12-18(26-31-30-25(34-26)17-7-9-32(4)10-8-17)5-6-21(20)29-23(22)19-11-16(3)24-27-14-28-33(24)13-19/h5-6,11-15,17,29H,7-10H2,1-4H3. The fourth-order valence-corrected chi connectivity index (χ4v) is 5.18. The monoisotopic (exact) mass is 455 g/mol. The zero-order valence-electron chi connectivity index (χ0n) is 20.0. The summed E-state index contributed by atoms with van der Waals surface area (Å²) in [6, 6.07) is 8.52. The summed E-state index contributed by atoms with van der Waals surface area (Å²) in [7, 11) is 2.16. The summed E-state index contributed by atoms with van der Waals surface area (Å²) in [4.78, 5) is 10.4. The molecule has 0 amide bonds. The molecule has 0 spiro atoms. The molecule has 0 radical (unpaired) electrons. The smallest absolute Gasteiger partial charge is 0.247 e. The first-order valence-electron chi connectivity index (χ1n) is 12.0. The second-order valence-electron chi connectivity index (χ2n) is 9.79. The number of nitrogens with zero attached hydrogens (tertiary/aromatic N) is 6. The van der Waals surface area contributed by atoms with Gasteiger partial charge in [0.1, 0.15) is 6.33 Å². The minimum absolute atomic E-state index is 0.322. The lowest BCUT2D eigenvalue weighted by atomic mass is 9.95. The molecule has 1 saturated heterocycles. The number of likely N-dealkylation sites (tertiary alicyclic amines) is 1. The van der Waals surface area contributed by atoms with Gasteiger partial charge in [0, 0.05) is 34.1 Å². The Hall–Kier alpha value is -3.52. The molecular formula is C26H29N7O. The highest BCUT2D eigenvalue weighted by molar-refractivity contribution is 5.93. The van der Waals surface area contributed by atoms with Crippen LogP contribution in [0.5, 0.6) is 0 Å². The molecule has 1 aromatic carbocycles. The van der Waals surface area contributed by atoms with Gasteiger partial charge in [0.25, 0.3) is 0 Å². The minimum atomic E-state index is 0.322. The van der Waals surface area contributed by atoms with Crippen molar-refractivity contribution in [2.75, 3.05) is 20.1 Å². The van der Waals surface area contributed by atoms with Crippen LogP contribution in [0.3, 0.4) is 0 Å². The first-order chi connectivity index (χ1) is 16.5. The molecule has 1 aliphatic heterocycles. The number of aryl methyl sites for hydroxylation is 1. The Balaban J connectivity index is 1.42. The quantitative estimate of drug-likeness (QED) is 0.402. The highest BCUT2D eigenvalue weighted by Crippen LogP contribution is 2.38. The first-order valence-corrected chi connectivity index (χ1v) is 12.0. The molecule has 1 N–H and O–H groups in total. The molecule has 1 aliphatic rings.